The van der Waals surface area contributed by atoms with Crippen LogP contribution in [0.1, 0.15) is 34.1 Å². The van der Waals surface area contributed by atoms with Crippen molar-refractivity contribution in [2.24, 2.45) is 0 Å². The fourth-order valence-electron chi connectivity index (χ4n) is 1.33. The second-order valence-corrected chi connectivity index (χ2v) is 3.95. The Balaban J connectivity index is 4.32. The van der Waals surface area contributed by atoms with Gasteiger partial charge in [-0.1, -0.05) is 13.8 Å². The summed E-state index contributed by atoms with van der Waals surface area (Å²) in [6.07, 6.45) is 0.865. The van der Waals surface area contributed by atoms with E-state index >= 15 is 0 Å². The van der Waals surface area contributed by atoms with Crippen LogP contribution in [0.2, 0.25) is 0 Å². The minimum absolute atomic E-state index is 0.106. The molecule has 0 aliphatic heterocycles. The lowest BCUT2D eigenvalue weighted by Gasteiger charge is -2.26. The predicted octanol–water partition coefficient (Wildman–Crippen LogP) is 0.696. The lowest BCUT2D eigenvalue weighted by molar-refractivity contribution is -0.139. The van der Waals surface area contributed by atoms with Crippen molar-refractivity contribution < 1.29 is 14.7 Å². The number of carbonyl (C=O) groups excluding carboxylic acids is 1. The first kappa shape index (κ1) is 14.9. The van der Waals surface area contributed by atoms with Crippen molar-refractivity contribution in [3.63, 3.8) is 0 Å². The van der Waals surface area contributed by atoms with E-state index in [0.717, 1.165) is 6.42 Å². The van der Waals surface area contributed by atoms with Crippen LogP contribution in [0, 0.1) is 0 Å². The molecule has 16 heavy (non-hydrogen) atoms. The minimum Gasteiger partial charge on any atom is -0.480 e. The molecule has 0 aromatic heterocycles. The summed E-state index contributed by atoms with van der Waals surface area (Å²) in [5.74, 6) is -1.03. The maximum Gasteiger partial charge on any atom is 0.317 e. The molecule has 0 saturated carbocycles. The summed E-state index contributed by atoms with van der Waals surface area (Å²) in [7, 11) is 0. The SMILES string of the molecule is CCC(C)NC(=O)C(C)N(CC)CC(=O)O. The van der Waals surface area contributed by atoms with Crippen molar-refractivity contribution in [1.29, 1.82) is 0 Å². The lowest BCUT2D eigenvalue weighted by Crippen LogP contribution is -2.48. The number of carboxylic acids is 1. The number of hydrogen-bond donors (Lipinski definition) is 2. The fourth-order valence-corrected chi connectivity index (χ4v) is 1.33. The Morgan fingerprint density at radius 3 is 2.25 bits per heavy atom. The van der Waals surface area contributed by atoms with Gasteiger partial charge in [0.05, 0.1) is 12.6 Å². The van der Waals surface area contributed by atoms with Crippen molar-refractivity contribution >= 4 is 11.9 Å². The Labute approximate surface area is 96.8 Å². The number of likely N-dealkylation sites (N-methyl/N-ethyl adjacent to an activating group) is 1. The number of amides is 1. The second kappa shape index (κ2) is 7.22. The maximum atomic E-state index is 11.7. The monoisotopic (exact) mass is 230 g/mol. The van der Waals surface area contributed by atoms with Crippen LogP contribution in [-0.2, 0) is 9.59 Å². The van der Waals surface area contributed by atoms with E-state index in [2.05, 4.69) is 5.32 Å². The number of carbonyl (C=O) groups is 2. The van der Waals surface area contributed by atoms with Crippen LogP contribution < -0.4 is 5.32 Å². The third-order valence-electron chi connectivity index (χ3n) is 2.67. The molecule has 5 heteroatoms. The fraction of sp³-hybridized carbons (Fsp3) is 0.818. The number of nitrogens with zero attached hydrogens (tertiary/aromatic N) is 1. The number of nitrogens with one attached hydrogen (secondary N) is 1. The number of aliphatic carboxylic acids is 1. The maximum absolute atomic E-state index is 11.7. The van der Waals surface area contributed by atoms with Gasteiger partial charge in [-0.2, -0.15) is 0 Å². The summed E-state index contributed by atoms with van der Waals surface area (Å²) in [6, 6.07) is -0.284. The quantitative estimate of drug-likeness (QED) is 0.675. The largest absolute Gasteiger partial charge is 0.480 e. The Morgan fingerprint density at radius 1 is 1.31 bits per heavy atom. The highest BCUT2D eigenvalue weighted by atomic mass is 16.4. The zero-order valence-electron chi connectivity index (χ0n) is 10.5. The number of carboxylic acid groups (broad SMARTS) is 1. The number of rotatable bonds is 7. The Hall–Kier alpha value is -1.10. The van der Waals surface area contributed by atoms with Crippen LogP contribution in [0.15, 0.2) is 0 Å². The molecule has 1 amide bonds. The predicted molar refractivity (Wildman–Crippen MR) is 62.2 cm³/mol. The standard InChI is InChI=1S/C11H22N2O3/c1-5-8(3)12-11(16)9(4)13(6-2)7-10(14)15/h8-9H,5-7H2,1-4H3,(H,12,16)(H,14,15). The smallest absolute Gasteiger partial charge is 0.317 e. The number of hydrogen-bond acceptors (Lipinski definition) is 3. The molecule has 5 nitrogen and oxygen atoms in total. The molecule has 0 heterocycles. The topological polar surface area (TPSA) is 69.6 Å². The molecule has 0 rings (SSSR count). The van der Waals surface area contributed by atoms with E-state index in [-0.39, 0.29) is 18.5 Å². The molecule has 2 N–H and O–H groups in total. The van der Waals surface area contributed by atoms with Gasteiger partial charge < -0.3 is 10.4 Å². The van der Waals surface area contributed by atoms with E-state index in [9.17, 15) is 9.59 Å². The molecule has 0 spiro atoms. The van der Waals surface area contributed by atoms with Gasteiger partial charge in [-0.3, -0.25) is 14.5 Å². The van der Waals surface area contributed by atoms with E-state index in [0.29, 0.717) is 6.54 Å². The first-order chi connectivity index (χ1) is 7.42. The molecule has 94 valence electrons. The van der Waals surface area contributed by atoms with Crippen LogP contribution >= 0.6 is 0 Å². The molecule has 0 aromatic carbocycles. The van der Waals surface area contributed by atoms with Crippen LogP contribution in [0.4, 0.5) is 0 Å². The van der Waals surface area contributed by atoms with Crippen LogP contribution in [0.25, 0.3) is 0 Å². The summed E-state index contributed by atoms with van der Waals surface area (Å²) in [5, 5.41) is 11.5. The molecule has 2 atom stereocenters. The molecule has 2 unspecified atom stereocenters. The van der Waals surface area contributed by atoms with E-state index in [1.54, 1.807) is 11.8 Å². The minimum atomic E-state index is -0.912. The van der Waals surface area contributed by atoms with Crippen molar-refractivity contribution in [3.8, 4) is 0 Å². The molecule has 0 aliphatic carbocycles. The van der Waals surface area contributed by atoms with Gasteiger partial charge in [0.15, 0.2) is 0 Å². The lowest BCUT2D eigenvalue weighted by atomic mass is 10.2. The normalized spacial score (nSPS) is 14.6. The molecule has 0 aliphatic rings. The highest BCUT2D eigenvalue weighted by Gasteiger charge is 2.22. The summed E-state index contributed by atoms with van der Waals surface area (Å²) in [5.41, 5.74) is 0. The van der Waals surface area contributed by atoms with Gasteiger partial charge in [0.1, 0.15) is 0 Å². The molecule has 0 saturated heterocycles. The Morgan fingerprint density at radius 2 is 1.88 bits per heavy atom. The third-order valence-corrected chi connectivity index (χ3v) is 2.67. The van der Waals surface area contributed by atoms with E-state index < -0.39 is 12.0 Å². The van der Waals surface area contributed by atoms with Crippen LogP contribution in [-0.4, -0.2) is 47.1 Å². The highest BCUT2D eigenvalue weighted by Crippen LogP contribution is 2.00. The molecule has 0 aromatic rings. The molecule has 0 bridgehead atoms. The van der Waals surface area contributed by atoms with Gasteiger partial charge in [-0.05, 0) is 26.8 Å². The van der Waals surface area contributed by atoms with Crippen molar-refractivity contribution in [1.82, 2.24) is 10.2 Å². The molecule has 0 fully saturated rings. The average molecular weight is 230 g/mol. The van der Waals surface area contributed by atoms with Crippen LogP contribution in [0.5, 0.6) is 0 Å². The van der Waals surface area contributed by atoms with Crippen molar-refractivity contribution in [3.05, 3.63) is 0 Å². The zero-order valence-corrected chi connectivity index (χ0v) is 10.5. The van der Waals surface area contributed by atoms with Crippen LogP contribution in [0.3, 0.4) is 0 Å². The van der Waals surface area contributed by atoms with Gasteiger partial charge in [0.2, 0.25) is 5.91 Å². The van der Waals surface area contributed by atoms with Gasteiger partial charge in [0, 0.05) is 6.04 Å². The Kier molecular flexibility index (Phi) is 6.72. The first-order valence-electron chi connectivity index (χ1n) is 5.68. The van der Waals surface area contributed by atoms with Gasteiger partial charge in [0.25, 0.3) is 0 Å². The average Bonchev–Trinajstić information content (AvgIpc) is 2.24. The summed E-state index contributed by atoms with van der Waals surface area (Å²) in [6.45, 7) is 7.93. The summed E-state index contributed by atoms with van der Waals surface area (Å²) >= 11 is 0. The van der Waals surface area contributed by atoms with E-state index in [4.69, 9.17) is 5.11 Å². The molecular formula is C11H22N2O3. The zero-order chi connectivity index (χ0) is 12.7. The van der Waals surface area contributed by atoms with E-state index in [1.165, 1.54) is 0 Å². The molecule has 0 radical (unpaired) electrons. The van der Waals surface area contributed by atoms with Crippen molar-refractivity contribution in [2.75, 3.05) is 13.1 Å². The third kappa shape index (κ3) is 5.11. The summed E-state index contributed by atoms with van der Waals surface area (Å²) < 4.78 is 0. The van der Waals surface area contributed by atoms with Gasteiger partial charge in [-0.15, -0.1) is 0 Å². The van der Waals surface area contributed by atoms with E-state index in [1.807, 2.05) is 20.8 Å². The first-order valence-corrected chi connectivity index (χ1v) is 5.68. The highest BCUT2D eigenvalue weighted by molar-refractivity contribution is 5.82. The van der Waals surface area contributed by atoms with Gasteiger partial charge in [-0.25, -0.2) is 0 Å². The van der Waals surface area contributed by atoms with Gasteiger partial charge >= 0.3 is 5.97 Å². The Bertz CT molecular complexity index is 243. The molecular weight excluding hydrogens is 208 g/mol. The summed E-state index contributed by atoms with van der Waals surface area (Å²) in [4.78, 5) is 24.0. The van der Waals surface area contributed by atoms with Crippen molar-refractivity contribution in [2.45, 2.75) is 46.2 Å². The second-order valence-electron chi connectivity index (χ2n) is 3.95.